The van der Waals surface area contributed by atoms with Crippen LogP contribution in [0.2, 0.25) is 0 Å². The molecule has 4 aromatic carbocycles. The summed E-state index contributed by atoms with van der Waals surface area (Å²) in [4.78, 5) is 5.74. The van der Waals surface area contributed by atoms with E-state index in [1.165, 1.54) is 186 Å². The van der Waals surface area contributed by atoms with E-state index < -0.39 is 0 Å². The molecule has 0 aromatic heterocycles. The Labute approximate surface area is 417 Å². The van der Waals surface area contributed by atoms with Crippen LogP contribution < -0.4 is 9.80 Å². The lowest BCUT2D eigenvalue weighted by molar-refractivity contribution is 0.194. The van der Waals surface area contributed by atoms with Gasteiger partial charge in [0.05, 0.1) is 11.1 Å². The first kappa shape index (κ1) is 45.9. The molecule has 4 atom stereocenters. The van der Waals surface area contributed by atoms with Crippen molar-refractivity contribution in [3.63, 3.8) is 0 Å². The number of benzene rings is 4. The van der Waals surface area contributed by atoms with Crippen LogP contribution in [0.3, 0.4) is 0 Å². The summed E-state index contributed by atoms with van der Waals surface area (Å²) in [5.41, 5.74) is 16.1. The van der Waals surface area contributed by atoms with Gasteiger partial charge in [-0.05, 0) is 171 Å². The molecule has 5 aliphatic carbocycles. The molecule has 4 heteroatoms. The molecule has 2 aliphatic heterocycles. The van der Waals surface area contributed by atoms with E-state index in [1.54, 1.807) is 33.4 Å². The van der Waals surface area contributed by atoms with E-state index in [4.69, 9.17) is 0 Å². The van der Waals surface area contributed by atoms with Gasteiger partial charge in [-0.15, -0.1) is 0 Å². The molecule has 0 spiro atoms. The number of fused-ring (bicyclic) bond motifs is 9. The maximum absolute atomic E-state index is 3.93. The van der Waals surface area contributed by atoms with Crippen molar-refractivity contribution in [3.8, 4) is 11.1 Å². The predicted molar refractivity (Wildman–Crippen MR) is 288 cm³/mol. The topological polar surface area (TPSA) is 6.48 Å². The van der Waals surface area contributed by atoms with Gasteiger partial charge >= 0.3 is 0 Å². The third-order valence-corrected chi connectivity index (χ3v) is 21.9. The maximum atomic E-state index is 3.93. The molecule has 66 heavy (non-hydrogen) atoms. The standard InChI is InChI=1S/C62H80Br2N2/c1-7-9-11-13-15-21-43-39-61-41-44(22-16-14-12-10-8-2)42-62(61,40-43)52-38-48(66-56-30-24-46(64)36-54(56)58(4)32-18-20-34-60(58,66)6)26-28-50(52)49-27-25-47(37-51(49)61)65-55-29-23-45(63)35-53(55)57(3)31-17-19-33-59(57,65)5/h23-30,35-38,43-44H,7-22,31-34,39-42H2,1-6H3. The van der Waals surface area contributed by atoms with Crippen molar-refractivity contribution in [2.45, 2.75) is 228 Å². The molecule has 0 N–H and O–H groups in total. The van der Waals surface area contributed by atoms with Gasteiger partial charge < -0.3 is 9.80 Å². The number of nitrogens with zero attached hydrogens (tertiary/aromatic N) is 2. The third kappa shape index (κ3) is 6.60. The minimum Gasteiger partial charge on any atom is -0.334 e. The Hall–Kier alpha value is -2.56. The normalized spacial score (nSPS) is 33.5. The van der Waals surface area contributed by atoms with Gasteiger partial charge in [0.2, 0.25) is 0 Å². The summed E-state index contributed by atoms with van der Waals surface area (Å²) < 4.78 is 2.43. The van der Waals surface area contributed by atoms with Gasteiger partial charge in [-0.1, -0.05) is 174 Å². The summed E-state index contributed by atoms with van der Waals surface area (Å²) >= 11 is 7.86. The fraction of sp³-hybridized carbons (Fsp3) is 0.613. The average Bonchev–Trinajstić information content (AvgIpc) is 3.93. The molecule has 0 radical (unpaired) electrons. The van der Waals surface area contributed by atoms with E-state index in [9.17, 15) is 0 Å². The second-order valence-corrected chi connectivity index (χ2v) is 26.0. The lowest BCUT2D eigenvalue weighted by Crippen LogP contribution is -2.54. The van der Waals surface area contributed by atoms with E-state index >= 15 is 0 Å². The molecule has 11 rings (SSSR count). The van der Waals surface area contributed by atoms with Crippen LogP contribution in [0, 0.1) is 11.8 Å². The molecule has 7 aliphatic rings. The Bertz CT molecular complexity index is 2300. The summed E-state index contributed by atoms with van der Waals surface area (Å²) in [6.45, 7) is 15.2. The van der Waals surface area contributed by atoms with Crippen LogP contribution in [-0.2, 0) is 21.7 Å². The van der Waals surface area contributed by atoms with E-state index in [2.05, 4.69) is 156 Å². The van der Waals surface area contributed by atoms with Crippen LogP contribution in [-0.4, -0.2) is 11.1 Å². The molecule has 4 saturated carbocycles. The smallest absolute Gasteiger partial charge is 0.0517 e. The highest BCUT2D eigenvalue weighted by Gasteiger charge is 2.67. The Morgan fingerprint density at radius 1 is 0.455 bits per heavy atom. The fourth-order valence-electron chi connectivity index (χ4n) is 17.3. The third-order valence-electron chi connectivity index (χ3n) is 20.9. The first-order valence-electron chi connectivity index (χ1n) is 27.4. The molecule has 4 unspecified atom stereocenters. The zero-order chi connectivity index (χ0) is 45.7. The molecule has 2 nitrogen and oxygen atoms in total. The number of halogens is 2. The molecule has 4 fully saturated rings. The van der Waals surface area contributed by atoms with Gasteiger partial charge in [0.25, 0.3) is 0 Å². The van der Waals surface area contributed by atoms with Gasteiger partial charge in [-0.25, -0.2) is 0 Å². The van der Waals surface area contributed by atoms with Crippen LogP contribution in [0.1, 0.15) is 218 Å². The fourth-order valence-corrected chi connectivity index (χ4v) is 18.0. The second-order valence-electron chi connectivity index (χ2n) is 24.2. The van der Waals surface area contributed by atoms with E-state index in [0.29, 0.717) is 0 Å². The zero-order valence-electron chi connectivity index (χ0n) is 41.7. The molecular formula is C62H80Br2N2. The van der Waals surface area contributed by atoms with Crippen molar-refractivity contribution < 1.29 is 0 Å². The highest BCUT2D eigenvalue weighted by molar-refractivity contribution is 9.10. The first-order chi connectivity index (χ1) is 31.9. The molecule has 4 aromatic rings. The van der Waals surface area contributed by atoms with Crippen LogP contribution in [0.25, 0.3) is 11.1 Å². The van der Waals surface area contributed by atoms with Crippen molar-refractivity contribution in [2.75, 3.05) is 9.80 Å². The Morgan fingerprint density at radius 2 is 0.848 bits per heavy atom. The van der Waals surface area contributed by atoms with Crippen molar-refractivity contribution >= 4 is 54.6 Å². The van der Waals surface area contributed by atoms with Gasteiger partial charge in [0.15, 0.2) is 0 Å². The first-order valence-corrected chi connectivity index (χ1v) is 28.9. The predicted octanol–water partition coefficient (Wildman–Crippen LogP) is 19.4. The summed E-state index contributed by atoms with van der Waals surface area (Å²) in [5, 5.41) is 0. The molecule has 0 bridgehead atoms. The largest absolute Gasteiger partial charge is 0.334 e. The molecule has 2 heterocycles. The average molecular weight is 1010 g/mol. The highest BCUT2D eigenvalue weighted by Crippen LogP contribution is 2.74. The Morgan fingerprint density at radius 3 is 1.26 bits per heavy atom. The Balaban J connectivity index is 1.09. The maximum Gasteiger partial charge on any atom is 0.0517 e. The van der Waals surface area contributed by atoms with E-state index in [0.717, 1.165) is 11.8 Å². The molecule has 0 saturated heterocycles. The SMILES string of the molecule is CCCCCCCC1CC23CC(CCCCCCC)CC2(C1)c1cc(N2c4ccc(Br)cc4C4(C)CCCCC24C)ccc1-c1ccc(N2c4ccc(Br)cc4C4(C)CCCCC24C)cc13. The van der Waals surface area contributed by atoms with Crippen LogP contribution >= 0.6 is 31.9 Å². The minimum atomic E-state index is 0.0393. The number of anilines is 4. The van der Waals surface area contributed by atoms with Crippen LogP contribution in [0.5, 0.6) is 0 Å². The van der Waals surface area contributed by atoms with Crippen LogP contribution in [0.15, 0.2) is 81.7 Å². The number of hydrogen-bond acceptors (Lipinski definition) is 2. The lowest BCUT2D eigenvalue weighted by atomic mass is 9.55. The monoisotopic (exact) mass is 1010 g/mol. The van der Waals surface area contributed by atoms with Crippen molar-refractivity contribution in [1.29, 1.82) is 0 Å². The number of rotatable bonds is 14. The minimum absolute atomic E-state index is 0.0393. The highest BCUT2D eigenvalue weighted by atomic mass is 79.9. The van der Waals surface area contributed by atoms with Crippen molar-refractivity contribution in [3.05, 3.63) is 104 Å². The van der Waals surface area contributed by atoms with Crippen LogP contribution in [0.4, 0.5) is 22.7 Å². The summed E-state index contributed by atoms with van der Waals surface area (Å²) in [5.74, 6) is 1.55. The molecular weight excluding hydrogens is 933 g/mol. The van der Waals surface area contributed by atoms with Gasteiger partial charge in [0.1, 0.15) is 0 Å². The molecule has 0 amide bonds. The van der Waals surface area contributed by atoms with Crippen molar-refractivity contribution in [2.24, 2.45) is 11.8 Å². The van der Waals surface area contributed by atoms with E-state index in [1.807, 2.05) is 0 Å². The van der Waals surface area contributed by atoms with Gasteiger partial charge in [-0.2, -0.15) is 0 Å². The summed E-state index contributed by atoms with van der Waals surface area (Å²) in [7, 11) is 0. The lowest BCUT2D eigenvalue weighted by Gasteiger charge is -2.52. The number of hydrogen-bond donors (Lipinski definition) is 0. The Kier molecular flexibility index (Phi) is 11.9. The molecule has 352 valence electrons. The zero-order valence-corrected chi connectivity index (χ0v) is 44.9. The van der Waals surface area contributed by atoms with Crippen molar-refractivity contribution in [1.82, 2.24) is 0 Å². The second kappa shape index (κ2) is 17.1. The van der Waals surface area contributed by atoms with Gasteiger partial charge in [-0.3, -0.25) is 0 Å². The number of unbranched alkanes of at least 4 members (excludes halogenated alkanes) is 8. The van der Waals surface area contributed by atoms with Gasteiger partial charge in [0, 0.05) is 53.4 Å². The quantitative estimate of drug-likeness (QED) is 0.116. The summed E-state index contributed by atoms with van der Waals surface area (Å²) in [6.07, 6.45) is 32.3. The summed E-state index contributed by atoms with van der Waals surface area (Å²) in [6, 6.07) is 30.6. The van der Waals surface area contributed by atoms with E-state index in [-0.39, 0.29) is 32.7 Å².